The predicted octanol–water partition coefficient (Wildman–Crippen LogP) is 5.53. The number of aryl methyl sites for hydroxylation is 2. The summed E-state index contributed by atoms with van der Waals surface area (Å²) in [5.74, 6) is 0.764. The van der Waals surface area contributed by atoms with Crippen molar-refractivity contribution in [1.82, 2.24) is 4.98 Å². The van der Waals surface area contributed by atoms with E-state index in [0.717, 1.165) is 12.3 Å². The minimum Gasteiger partial charge on any atom is -0.246 e. The number of benzene rings is 1. The molecule has 0 spiro atoms. The molecule has 0 saturated heterocycles. The number of nitrogens with zero attached hydrogens (tertiary/aromatic N) is 1. The molecule has 3 rings (SSSR count). The molecule has 1 nitrogen and oxygen atoms in total. The first kappa shape index (κ1) is 14.8. The van der Waals surface area contributed by atoms with Crippen LogP contribution in [-0.4, -0.2) is 4.98 Å². The molecule has 0 bridgehead atoms. The van der Waals surface area contributed by atoms with E-state index in [1.165, 1.54) is 45.8 Å². The van der Waals surface area contributed by atoms with Crippen LogP contribution in [0, 0.1) is 13.8 Å². The van der Waals surface area contributed by atoms with Gasteiger partial charge in [0.05, 0.1) is 10.7 Å². The first-order valence-corrected chi connectivity index (χ1v) is 8.77. The maximum absolute atomic E-state index is 4.84. The Morgan fingerprint density at radius 3 is 2.29 bits per heavy atom. The van der Waals surface area contributed by atoms with Gasteiger partial charge in [-0.15, -0.1) is 11.3 Å². The highest BCUT2D eigenvalue weighted by atomic mass is 32.1. The van der Waals surface area contributed by atoms with Crippen molar-refractivity contribution in [3.63, 3.8) is 0 Å². The van der Waals surface area contributed by atoms with Crippen LogP contribution in [0.5, 0.6) is 0 Å². The summed E-state index contributed by atoms with van der Waals surface area (Å²) in [6, 6.07) is 4.72. The van der Waals surface area contributed by atoms with Gasteiger partial charge in [0, 0.05) is 17.7 Å². The first-order valence-electron chi connectivity index (χ1n) is 7.89. The van der Waals surface area contributed by atoms with E-state index >= 15 is 0 Å². The number of rotatable bonds is 3. The molecule has 1 aromatic heterocycles. The van der Waals surface area contributed by atoms with Crippen LogP contribution in [0.4, 0.5) is 0 Å². The Hall–Kier alpha value is -1.15. The Kier molecular flexibility index (Phi) is 3.69. The van der Waals surface area contributed by atoms with E-state index in [4.69, 9.17) is 4.98 Å². The van der Waals surface area contributed by atoms with Crippen molar-refractivity contribution in [2.45, 2.75) is 65.2 Å². The summed E-state index contributed by atoms with van der Waals surface area (Å²) in [5, 5.41) is 3.54. The summed E-state index contributed by atoms with van der Waals surface area (Å²) in [4.78, 5) is 4.84. The lowest BCUT2D eigenvalue weighted by Gasteiger charge is -2.22. The maximum atomic E-state index is 4.84. The van der Waals surface area contributed by atoms with Crippen LogP contribution in [0.2, 0.25) is 0 Å². The molecule has 0 radical (unpaired) electrons. The van der Waals surface area contributed by atoms with Gasteiger partial charge in [0.1, 0.15) is 0 Å². The molecule has 0 unspecified atom stereocenters. The second-order valence-electron chi connectivity index (χ2n) is 7.46. The number of hydrogen-bond donors (Lipinski definition) is 0. The van der Waals surface area contributed by atoms with E-state index in [1.807, 2.05) is 11.3 Å². The third-order valence-corrected chi connectivity index (χ3v) is 5.32. The highest BCUT2D eigenvalue weighted by Gasteiger charge is 2.26. The zero-order valence-corrected chi connectivity index (χ0v) is 14.6. The van der Waals surface area contributed by atoms with Crippen LogP contribution < -0.4 is 0 Å². The van der Waals surface area contributed by atoms with Gasteiger partial charge in [0.25, 0.3) is 0 Å². The van der Waals surface area contributed by atoms with Crippen molar-refractivity contribution in [1.29, 1.82) is 0 Å². The molecular weight excluding hydrogens is 274 g/mol. The summed E-state index contributed by atoms with van der Waals surface area (Å²) < 4.78 is 0. The molecule has 1 aliphatic rings. The smallest absolute Gasteiger partial charge is 0.0972 e. The molecule has 2 aromatic rings. The third-order valence-electron chi connectivity index (χ3n) is 4.46. The molecule has 0 atom stereocenters. The summed E-state index contributed by atoms with van der Waals surface area (Å²) in [6.45, 7) is 11.3. The topological polar surface area (TPSA) is 12.9 Å². The van der Waals surface area contributed by atoms with Gasteiger partial charge in [0.15, 0.2) is 0 Å². The largest absolute Gasteiger partial charge is 0.246 e. The second kappa shape index (κ2) is 5.24. The molecule has 2 heteroatoms. The Balaban J connectivity index is 1.87. The quantitative estimate of drug-likeness (QED) is 0.726. The highest BCUT2D eigenvalue weighted by molar-refractivity contribution is 7.09. The van der Waals surface area contributed by atoms with Gasteiger partial charge in [-0.25, -0.2) is 4.98 Å². The third kappa shape index (κ3) is 3.21. The maximum Gasteiger partial charge on any atom is 0.0972 e. The van der Waals surface area contributed by atoms with Crippen molar-refractivity contribution in [2.24, 2.45) is 0 Å². The fourth-order valence-corrected chi connectivity index (χ4v) is 3.72. The van der Waals surface area contributed by atoms with E-state index in [1.54, 1.807) is 0 Å². The fourth-order valence-electron chi connectivity index (χ4n) is 2.83. The van der Waals surface area contributed by atoms with Gasteiger partial charge >= 0.3 is 0 Å². The van der Waals surface area contributed by atoms with Crippen LogP contribution in [0.15, 0.2) is 17.5 Å². The average Bonchev–Trinajstić information content (AvgIpc) is 3.13. The Morgan fingerprint density at radius 1 is 1.14 bits per heavy atom. The van der Waals surface area contributed by atoms with Crippen molar-refractivity contribution in [2.75, 3.05) is 0 Å². The van der Waals surface area contributed by atoms with Crippen LogP contribution >= 0.6 is 11.3 Å². The molecule has 1 aromatic carbocycles. The SMILES string of the molecule is Cc1cc(C(C)(C)C)cc(C)c1Cc1nc(C2CC2)cs1. The lowest BCUT2D eigenvalue weighted by molar-refractivity contribution is 0.589. The van der Waals surface area contributed by atoms with Crippen molar-refractivity contribution in [3.8, 4) is 0 Å². The molecule has 112 valence electrons. The van der Waals surface area contributed by atoms with Crippen molar-refractivity contribution in [3.05, 3.63) is 50.5 Å². The standard InChI is InChI=1S/C19H25NS/c1-12-8-15(19(3,4)5)9-13(2)16(12)10-18-20-17(11-21-18)14-6-7-14/h8-9,11,14H,6-7,10H2,1-5H3. The van der Waals surface area contributed by atoms with Crippen LogP contribution in [0.3, 0.4) is 0 Å². The molecule has 0 aliphatic heterocycles. The van der Waals surface area contributed by atoms with E-state index in [-0.39, 0.29) is 5.41 Å². The molecule has 1 aliphatic carbocycles. The van der Waals surface area contributed by atoms with Crippen LogP contribution in [0.1, 0.15) is 72.5 Å². The van der Waals surface area contributed by atoms with E-state index in [9.17, 15) is 0 Å². The molecule has 0 amide bonds. The number of aromatic nitrogens is 1. The van der Waals surface area contributed by atoms with Crippen LogP contribution in [-0.2, 0) is 11.8 Å². The Morgan fingerprint density at radius 2 is 1.76 bits per heavy atom. The summed E-state index contributed by atoms with van der Waals surface area (Å²) in [5.41, 5.74) is 7.25. The molecule has 21 heavy (non-hydrogen) atoms. The zero-order valence-electron chi connectivity index (χ0n) is 13.8. The molecule has 1 saturated carbocycles. The van der Waals surface area contributed by atoms with Gasteiger partial charge in [-0.05, 0) is 54.4 Å². The van der Waals surface area contributed by atoms with Crippen LogP contribution in [0.25, 0.3) is 0 Å². The summed E-state index contributed by atoms with van der Waals surface area (Å²) in [6.07, 6.45) is 3.66. The van der Waals surface area contributed by atoms with E-state index in [2.05, 4.69) is 52.1 Å². The Labute approximate surface area is 132 Å². The monoisotopic (exact) mass is 299 g/mol. The van der Waals surface area contributed by atoms with Gasteiger partial charge < -0.3 is 0 Å². The van der Waals surface area contributed by atoms with Gasteiger partial charge in [-0.3, -0.25) is 0 Å². The number of hydrogen-bond acceptors (Lipinski definition) is 2. The van der Waals surface area contributed by atoms with Crippen molar-refractivity contribution >= 4 is 11.3 Å². The Bertz CT molecular complexity index is 633. The molecule has 0 N–H and O–H groups in total. The minimum absolute atomic E-state index is 0.217. The lowest BCUT2D eigenvalue weighted by atomic mass is 9.83. The van der Waals surface area contributed by atoms with E-state index in [0.29, 0.717) is 0 Å². The summed E-state index contributed by atoms with van der Waals surface area (Å²) >= 11 is 1.83. The highest BCUT2D eigenvalue weighted by Crippen LogP contribution is 2.40. The zero-order chi connectivity index (χ0) is 15.2. The van der Waals surface area contributed by atoms with E-state index < -0.39 is 0 Å². The fraction of sp³-hybridized carbons (Fsp3) is 0.526. The second-order valence-corrected chi connectivity index (χ2v) is 8.40. The predicted molar refractivity (Wildman–Crippen MR) is 91.5 cm³/mol. The van der Waals surface area contributed by atoms with Gasteiger partial charge in [-0.2, -0.15) is 0 Å². The first-order chi connectivity index (χ1) is 9.84. The molecule has 1 fully saturated rings. The van der Waals surface area contributed by atoms with Crippen molar-refractivity contribution < 1.29 is 0 Å². The van der Waals surface area contributed by atoms with Gasteiger partial charge in [-0.1, -0.05) is 32.9 Å². The molecule has 1 heterocycles. The summed E-state index contributed by atoms with van der Waals surface area (Å²) in [7, 11) is 0. The minimum atomic E-state index is 0.217. The lowest BCUT2D eigenvalue weighted by Crippen LogP contribution is -2.12. The number of thiazole rings is 1. The normalized spacial score (nSPS) is 15.5. The molecular formula is C19H25NS. The average molecular weight is 299 g/mol. The van der Waals surface area contributed by atoms with Gasteiger partial charge in [0.2, 0.25) is 0 Å².